The molecule has 1 aliphatic heterocycles. The minimum Gasteiger partial charge on any atom is -0.426 e. The summed E-state index contributed by atoms with van der Waals surface area (Å²) in [7, 11) is 0. The van der Waals surface area contributed by atoms with Crippen LogP contribution < -0.4 is 10.3 Å². The first-order valence-electron chi connectivity index (χ1n) is 10.0. The van der Waals surface area contributed by atoms with Crippen LogP contribution in [0.5, 0.6) is 5.75 Å². The molecule has 0 radical (unpaired) electrons. The molecule has 0 aliphatic carbocycles. The molecular weight excluding hydrogens is 502 g/mol. The van der Waals surface area contributed by atoms with Crippen LogP contribution in [0.25, 0.3) is 5.69 Å². The Morgan fingerprint density at radius 1 is 1.06 bits per heavy atom. The molecule has 1 atom stereocenters. The van der Waals surface area contributed by atoms with Gasteiger partial charge in [0.15, 0.2) is 17.4 Å². The highest BCUT2D eigenvalue weighted by atomic mass is 32.1. The summed E-state index contributed by atoms with van der Waals surface area (Å²) in [5.41, 5.74) is 0.0913. The third-order valence-corrected chi connectivity index (χ3v) is 5.98. The Bertz CT molecular complexity index is 1380. The smallest absolute Gasteiger partial charge is 0.418 e. The number of halogens is 6. The van der Waals surface area contributed by atoms with Gasteiger partial charge in [0.2, 0.25) is 11.6 Å². The number of benzene rings is 1. The first kappa shape index (κ1) is 24.7. The van der Waals surface area contributed by atoms with Crippen molar-refractivity contribution in [1.29, 1.82) is 0 Å². The van der Waals surface area contributed by atoms with Gasteiger partial charge >= 0.3 is 6.11 Å². The van der Waals surface area contributed by atoms with Gasteiger partial charge in [-0.25, -0.2) is 18.2 Å². The number of hydrogen-bond acceptors (Lipinski definition) is 5. The van der Waals surface area contributed by atoms with E-state index < -0.39 is 57.5 Å². The van der Waals surface area contributed by atoms with Crippen LogP contribution in [0.4, 0.5) is 26.3 Å². The number of rotatable bonds is 5. The topological polar surface area (TPSA) is 69.4 Å². The predicted octanol–water partition coefficient (Wildman–Crippen LogP) is 3.70. The number of carbonyl (C=O) groups excluding carboxylic acids is 1. The Hall–Kier alpha value is -3.42. The molecule has 4 rings (SSSR count). The summed E-state index contributed by atoms with van der Waals surface area (Å²) < 4.78 is 91.2. The Kier molecular flexibility index (Phi) is 6.11. The zero-order valence-electron chi connectivity index (χ0n) is 18.0. The number of thiol groups is 1. The molecule has 0 fully saturated rings. The van der Waals surface area contributed by atoms with Crippen LogP contribution in [0.1, 0.15) is 23.1 Å². The Balaban J connectivity index is 1.64. The van der Waals surface area contributed by atoms with Crippen molar-refractivity contribution >= 4 is 18.5 Å². The predicted molar refractivity (Wildman–Crippen MR) is 112 cm³/mol. The van der Waals surface area contributed by atoms with E-state index in [0.717, 1.165) is 11.5 Å². The van der Waals surface area contributed by atoms with Crippen LogP contribution in [0.3, 0.4) is 0 Å². The lowest BCUT2D eigenvalue weighted by Gasteiger charge is -2.37. The quantitative estimate of drug-likeness (QED) is 0.242. The molecule has 186 valence electrons. The molecule has 0 N–H and O–H groups in total. The zero-order chi connectivity index (χ0) is 25.8. The van der Waals surface area contributed by atoms with Crippen molar-refractivity contribution in [3.63, 3.8) is 0 Å². The molecular formula is C21H16F6N4O3S. The van der Waals surface area contributed by atoms with E-state index in [1.807, 2.05) is 0 Å². The molecule has 14 heteroatoms. The van der Waals surface area contributed by atoms with Gasteiger partial charge in [-0.1, -0.05) is 0 Å². The highest BCUT2D eigenvalue weighted by Crippen LogP contribution is 2.38. The van der Waals surface area contributed by atoms with E-state index in [1.165, 1.54) is 23.0 Å². The second kappa shape index (κ2) is 8.66. The van der Waals surface area contributed by atoms with Crippen molar-refractivity contribution in [2.24, 2.45) is 0 Å². The van der Waals surface area contributed by atoms with Gasteiger partial charge in [0.05, 0.1) is 16.9 Å². The second-order valence-corrected chi connectivity index (χ2v) is 8.20. The number of carbonyl (C=O) groups is 1. The largest absolute Gasteiger partial charge is 0.426 e. The summed E-state index contributed by atoms with van der Waals surface area (Å²) >= 11 is 3.41. The summed E-state index contributed by atoms with van der Waals surface area (Å²) in [6.07, 6.45) is -1.39. The molecule has 1 amide bonds. The minimum atomic E-state index is -4.39. The normalized spacial score (nSPS) is 14.8. The molecule has 7 nitrogen and oxygen atoms in total. The fourth-order valence-electron chi connectivity index (χ4n) is 3.65. The Morgan fingerprint density at radius 3 is 2.34 bits per heavy atom. The molecule has 2 aromatic heterocycles. The molecule has 1 aliphatic rings. The summed E-state index contributed by atoms with van der Waals surface area (Å²) in [4.78, 5) is 29.2. The monoisotopic (exact) mass is 518 g/mol. The van der Waals surface area contributed by atoms with E-state index in [0.29, 0.717) is 10.6 Å². The van der Waals surface area contributed by atoms with E-state index in [9.17, 15) is 35.9 Å². The molecule has 35 heavy (non-hydrogen) atoms. The van der Waals surface area contributed by atoms with Crippen molar-refractivity contribution in [3.05, 3.63) is 69.7 Å². The van der Waals surface area contributed by atoms with Crippen LogP contribution in [0, 0.1) is 30.2 Å². The molecule has 1 aromatic carbocycles. The van der Waals surface area contributed by atoms with Crippen molar-refractivity contribution in [2.45, 2.75) is 37.4 Å². The van der Waals surface area contributed by atoms with E-state index >= 15 is 0 Å². The zero-order valence-corrected chi connectivity index (χ0v) is 18.9. The molecule has 0 saturated heterocycles. The fourth-order valence-corrected chi connectivity index (χ4v) is 3.89. The number of imidazole rings is 1. The van der Waals surface area contributed by atoms with Gasteiger partial charge in [-0.15, -0.1) is 12.6 Å². The van der Waals surface area contributed by atoms with Gasteiger partial charge in [0, 0.05) is 19.3 Å². The molecule has 0 unspecified atom stereocenters. The SMILES string of the molecule is Cc1cn(-c2ccc3n(c2=O)CCN([C@@H](C)C(F)(F)Oc2c(F)c(F)c(F)c(F)c2S)C3=O)cn1. The van der Waals surface area contributed by atoms with Crippen LogP contribution >= 0.6 is 12.6 Å². The number of fused-ring (bicyclic) bond motifs is 1. The Labute approximate surface area is 199 Å². The van der Waals surface area contributed by atoms with E-state index in [4.69, 9.17) is 0 Å². The third-order valence-electron chi connectivity index (χ3n) is 5.58. The molecule has 3 aromatic rings. The first-order chi connectivity index (χ1) is 16.3. The lowest BCUT2D eigenvalue weighted by molar-refractivity contribution is -0.215. The first-order valence-corrected chi connectivity index (χ1v) is 10.5. The number of aryl methyl sites for hydroxylation is 1. The Morgan fingerprint density at radius 2 is 1.71 bits per heavy atom. The minimum absolute atomic E-state index is 0.159. The van der Waals surface area contributed by atoms with Gasteiger partial charge in [0.25, 0.3) is 11.5 Å². The maximum Gasteiger partial charge on any atom is 0.418 e. The highest BCUT2D eigenvalue weighted by molar-refractivity contribution is 7.80. The van der Waals surface area contributed by atoms with Crippen molar-refractivity contribution in [3.8, 4) is 11.4 Å². The van der Waals surface area contributed by atoms with E-state index in [1.54, 1.807) is 13.1 Å². The van der Waals surface area contributed by atoms with Gasteiger partial charge < -0.3 is 18.8 Å². The lowest BCUT2D eigenvalue weighted by atomic mass is 10.1. The number of aromatic nitrogens is 3. The summed E-state index contributed by atoms with van der Waals surface area (Å²) in [5, 5.41) is 0. The number of amides is 1. The van der Waals surface area contributed by atoms with Gasteiger partial charge in [-0.2, -0.15) is 13.2 Å². The summed E-state index contributed by atoms with van der Waals surface area (Å²) in [6, 6.07) is 0.531. The molecule has 0 spiro atoms. The van der Waals surface area contributed by atoms with Crippen molar-refractivity contribution < 1.29 is 35.9 Å². The standard InChI is InChI=1S/C21H16F6N4O3S/c1-9-7-29(8-28-9)11-3-4-12-20(33)30(5-6-31(12)19(11)32)10(2)21(26,27)34-17-15(24)13(22)14(23)16(25)18(17)35/h3-4,7-8,10,35H,5-6H2,1-2H3/t10-/m0/s1. The average molecular weight is 518 g/mol. The highest BCUT2D eigenvalue weighted by Gasteiger charge is 2.47. The fraction of sp³-hybridized carbons (Fsp3) is 0.286. The van der Waals surface area contributed by atoms with Crippen LogP contribution in [0.2, 0.25) is 0 Å². The third kappa shape index (κ3) is 4.05. The summed E-state index contributed by atoms with van der Waals surface area (Å²) in [5.74, 6) is -11.4. The maximum absolute atomic E-state index is 14.9. The van der Waals surface area contributed by atoms with Crippen molar-refractivity contribution in [1.82, 2.24) is 19.0 Å². The van der Waals surface area contributed by atoms with E-state index in [-0.39, 0.29) is 24.5 Å². The average Bonchev–Trinajstić information content (AvgIpc) is 3.25. The number of hydrogen-bond donors (Lipinski definition) is 1. The summed E-state index contributed by atoms with van der Waals surface area (Å²) in [6.45, 7) is 2.06. The molecule has 0 bridgehead atoms. The van der Waals surface area contributed by atoms with Gasteiger partial charge in [0.1, 0.15) is 17.4 Å². The molecule has 0 saturated carbocycles. The number of nitrogens with zero attached hydrogens (tertiary/aromatic N) is 4. The number of pyridine rings is 1. The molecule has 3 heterocycles. The number of alkyl halides is 2. The van der Waals surface area contributed by atoms with Crippen molar-refractivity contribution in [2.75, 3.05) is 6.54 Å². The van der Waals surface area contributed by atoms with E-state index in [2.05, 4.69) is 22.3 Å². The maximum atomic E-state index is 14.9. The lowest BCUT2D eigenvalue weighted by Crippen LogP contribution is -2.56. The van der Waals surface area contributed by atoms with Crippen LogP contribution in [-0.4, -0.2) is 43.6 Å². The number of ether oxygens (including phenoxy) is 1. The second-order valence-electron chi connectivity index (χ2n) is 7.75. The van der Waals surface area contributed by atoms with Crippen LogP contribution in [0.15, 0.2) is 34.3 Å². The van der Waals surface area contributed by atoms with Crippen LogP contribution in [-0.2, 0) is 6.54 Å². The van der Waals surface area contributed by atoms with Gasteiger partial charge in [-0.05, 0) is 26.0 Å². The van der Waals surface area contributed by atoms with Gasteiger partial charge in [-0.3, -0.25) is 9.59 Å².